The second kappa shape index (κ2) is 11.0. The lowest BCUT2D eigenvalue weighted by Crippen LogP contribution is -2.55. The molecule has 0 aromatic heterocycles. The molecule has 1 amide bonds. The number of amides is 1. The summed E-state index contributed by atoms with van der Waals surface area (Å²) in [6.07, 6.45) is 3.08. The summed E-state index contributed by atoms with van der Waals surface area (Å²) in [7, 11) is 0. The average molecular weight is 485 g/mol. The zero-order valence-electron chi connectivity index (χ0n) is 20.0. The number of piperazine rings is 1. The zero-order chi connectivity index (χ0) is 24.2. The molecule has 5 rings (SSSR count). The molecule has 2 aromatic carbocycles. The molecule has 3 aliphatic rings. The fraction of sp³-hybridized carbons (Fsp3) is 0.519. The van der Waals surface area contributed by atoms with Gasteiger partial charge in [-0.3, -0.25) is 9.69 Å². The number of halogens is 2. The van der Waals surface area contributed by atoms with Crippen LogP contribution in [0.4, 0.5) is 8.78 Å². The number of hydrogen-bond acceptors (Lipinski definition) is 5. The molecule has 1 aliphatic carbocycles. The first-order chi connectivity index (χ1) is 17.1. The highest BCUT2D eigenvalue weighted by molar-refractivity contribution is 5.78. The molecule has 2 atom stereocenters. The number of piperidine rings is 1. The van der Waals surface area contributed by atoms with Gasteiger partial charge in [0, 0.05) is 55.8 Å². The molecule has 2 aromatic rings. The van der Waals surface area contributed by atoms with E-state index >= 15 is 0 Å². The minimum absolute atomic E-state index is 0.00949. The van der Waals surface area contributed by atoms with Crippen molar-refractivity contribution in [3.8, 4) is 5.75 Å². The fourth-order valence-electron chi connectivity index (χ4n) is 5.34. The van der Waals surface area contributed by atoms with Crippen molar-refractivity contribution in [3.05, 3.63) is 65.2 Å². The van der Waals surface area contributed by atoms with E-state index in [1.807, 2.05) is 35.2 Å². The normalized spacial score (nSPS) is 23.3. The molecule has 2 N–H and O–H groups in total. The molecular formula is C27H34F2N4O2. The first kappa shape index (κ1) is 24.2. The molecule has 188 valence electrons. The lowest BCUT2D eigenvalue weighted by molar-refractivity contribution is -0.132. The summed E-state index contributed by atoms with van der Waals surface area (Å²) in [4.78, 5) is 17.2. The van der Waals surface area contributed by atoms with E-state index < -0.39 is 11.6 Å². The van der Waals surface area contributed by atoms with Crippen LogP contribution >= 0.6 is 0 Å². The maximum absolute atomic E-state index is 14.6. The number of benzene rings is 2. The Morgan fingerprint density at radius 3 is 2.54 bits per heavy atom. The van der Waals surface area contributed by atoms with Gasteiger partial charge in [0.1, 0.15) is 12.4 Å². The first-order valence-electron chi connectivity index (χ1n) is 12.7. The van der Waals surface area contributed by atoms with E-state index in [1.54, 1.807) is 0 Å². The van der Waals surface area contributed by atoms with Crippen LogP contribution < -0.4 is 15.4 Å². The highest BCUT2D eigenvalue weighted by Gasteiger charge is 2.41. The van der Waals surface area contributed by atoms with Crippen molar-refractivity contribution >= 4 is 5.91 Å². The predicted molar refractivity (Wildman–Crippen MR) is 130 cm³/mol. The van der Waals surface area contributed by atoms with E-state index in [0.29, 0.717) is 11.6 Å². The smallest absolute Gasteiger partial charge is 0.236 e. The van der Waals surface area contributed by atoms with Gasteiger partial charge in [-0.2, -0.15) is 0 Å². The van der Waals surface area contributed by atoms with E-state index in [0.717, 1.165) is 57.3 Å². The predicted octanol–water partition coefficient (Wildman–Crippen LogP) is 2.89. The van der Waals surface area contributed by atoms with Gasteiger partial charge in [-0.25, -0.2) is 8.78 Å². The van der Waals surface area contributed by atoms with Crippen molar-refractivity contribution in [1.82, 2.24) is 20.4 Å². The van der Waals surface area contributed by atoms with Crippen LogP contribution in [-0.4, -0.2) is 73.6 Å². The highest BCUT2D eigenvalue weighted by atomic mass is 19.1. The topological polar surface area (TPSA) is 56.8 Å². The van der Waals surface area contributed by atoms with Gasteiger partial charge in [0.15, 0.2) is 11.6 Å². The lowest BCUT2D eigenvalue weighted by Gasteiger charge is -2.40. The van der Waals surface area contributed by atoms with Crippen molar-refractivity contribution in [2.45, 2.75) is 43.9 Å². The van der Waals surface area contributed by atoms with Gasteiger partial charge in [-0.15, -0.1) is 0 Å². The Morgan fingerprint density at radius 2 is 1.80 bits per heavy atom. The van der Waals surface area contributed by atoms with Crippen LogP contribution in [0.5, 0.6) is 5.75 Å². The van der Waals surface area contributed by atoms with E-state index in [2.05, 4.69) is 15.5 Å². The zero-order valence-corrected chi connectivity index (χ0v) is 20.0. The summed E-state index contributed by atoms with van der Waals surface area (Å²) >= 11 is 0. The standard InChI is InChI=1S/C27H34F2N4O2/c28-20-14-23(27(24(29)15-20)35-18-19-4-2-1-3-5-19)22-16-25(22)31-17-26(34)33-12-10-32(11-13-33)21-6-8-30-9-7-21/h1-5,14-15,21-22,25,30-31H,6-13,16-18H2. The second-order valence-corrected chi connectivity index (χ2v) is 9.81. The number of rotatable bonds is 8. The second-order valence-electron chi connectivity index (χ2n) is 9.81. The molecule has 2 aliphatic heterocycles. The summed E-state index contributed by atoms with van der Waals surface area (Å²) < 4.78 is 34.4. The van der Waals surface area contributed by atoms with Crippen LogP contribution in [0.1, 0.15) is 36.3 Å². The number of carbonyl (C=O) groups excluding carboxylic acids is 1. The number of carbonyl (C=O) groups is 1. The Morgan fingerprint density at radius 1 is 1.06 bits per heavy atom. The number of nitrogens with zero attached hydrogens (tertiary/aromatic N) is 2. The molecule has 8 heteroatoms. The highest BCUT2D eigenvalue weighted by Crippen LogP contribution is 2.46. The Labute approximate surface area is 205 Å². The third-order valence-corrected chi connectivity index (χ3v) is 7.46. The number of nitrogens with one attached hydrogen (secondary N) is 2. The number of hydrogen-bond donors (Lipinski definition) is 2. The van der Waals surface area contributed by atoms with Crippen molar-refractivity contribution in [2.24, 2.45) is 0 Å². The van der Waals surface area contributed by atoms with Crippen LogP contribution in [-0.2, 0) is 11.4 Å². The molecule has 2 unspecified atom stereocenters. The third kappa shape index (κ3) is 6.00. The van der Waals surface area contributed by atoms with Crippen LogP contribution in [0.3, 0.4) is 0 Å². The minimum Gasteiger partial charge on any atom is -0.486 e. The van der Waals surface area contributed by atoms with E-state index in [4.69, 9.17) is 4.74 Å². The summed E-state index contributed by atoms with van der Waals surface area (Å²) in [6, 6.07) is 12.4. The van der Waals surface area contributed by atoms with E-state index in [-0.39, 0.29) is 36.8 Å². The molecule has 1 saturated carbocycles. The summed E-state index contributed by atoms with van der Waals surface area (Å²) in [5.41, 5.74) is 1.44. The minimum atomic E-state index is -0.690. The summed E-state index contributed by atoms with van der Waals surface area (Å²) in [6.45, 7) is 5.96. The fourth-order valence-corrected chi connectivity index (χ4v) is 5.34. The van der Waals surface area contributed by atoms with Crippen LogP contribution in [0.25, 0.3) is 0 Å². The molecule has 3 fully saturated rings. The lowest BCUT2D eigenvalue weighted by atomic mass is 10.0. The Kier molecular flexibility index (Phi) is 7.60. The summed E-state index contributed by atoms with van der Waals surface area (Å²) in [5.74, 6) is -1.19. The van der Waals surface area contributed by atoms with Gasteiger partial charge < -0.3 is 20.3 Å². The molecule has 0 bridgehead atoms. The van der Waals surface area contributed by atoms with Crippen LogP contribution in [0.15, 0.2) is 42.5 Å². The maximum Gasteiger partial charge on any atom is 0.236 e. The molecule has 6 nitrogen and oxygen atoms in total. The van der Waals surface area contributed by atoms with Crippen molar-refractivity contribution in [2.75, 3.05) is 45.8 Å². The van der Waals surface area contributed by atoms with Crippen molar-refractivity contribution in [3.63, 3.8) is 0 Å². The van der Waals surface area contributed by atoms with Crippen LogP contribution in [0, 0.1) is 11.6 Å². The third-order valence-electron chi connectivity index (χ3n) is 7.46. The monoisotopic (exact) mass is 484 g/mol. The molecule has 2 saturated heterocycles. The molecule has 0 spiro atoms. The molecule has 2 heterocycles. The van der Waals surface area contributed by atoms with Crippen molar-refractivity contribution in [1.29, 1.82) is 0 Å². The van der Waals surface area contributed by atoms with Gasteiger partial charge in [0.2, 0.25) is 5.91 Å². The van der Waals surface area contributed by atoms with E-state index in [1.165, 1.54) is 18.9 Å². The number of ether oxygens (including phenoxy) is 1. The van der Waals surface area contributed by atoms with E-state index in [9.17, 15) is 13.6 Å². The summed E-state index contributed by atoms with van der Waals surface area (Å²) in [5, 5.41) is 6.71. The SMILES string of the molecule is O=C(CNC1CC1c1cc(F)cc(F)c1OCc1ccccc1)N1CCN(C2CCNCC2)CC1. The maximum atomic E-state index is 14.6. The average Bonchev–Trinajstić information content (AvgIpc) is 3.67. The first-order valence-corrected chi connectivity index (χ1v) is 12.7. The quantitative estimate of drug-likeness (QED) is 0.604. The Balaban J connectivity index is 1.12. The van der Waals surface area contributed by atoms with Gasteiger partial charge in [-0.1, -0.05) is 30.3 Å². The van der Waals surface area contributed by atoms with Crippen LogP contribution in [0.2, 0.25) is 0 Å². The Bertz CT molecular complexity index is 1010. The van der Waals surface area contributed by atoms with Gasteiger partial charge in [-0.05, 0) is 44.0 Å². The Hall–Kier alpha value is -2.55. The van der Waals surface area contributed by atoms with Gasteiger partial charge >= 0.3 is 0 Å². The molecule has 0 radical (unpaired) electrons. The van der Waals surface area contributed by atoms with Gasteiger partial charge in [0.25, 0.3) is 0 Å². The van der Waals surface area contributed by atoms with Gasteiger partial charge in [0.05, 0.1) is 6.54 Å². The molecular weight excluding hydrogens is 450 g/mol. The molecule has 35 heavy (non-hydrogen) atoms. The van der Waals surface area contributed by atoms with Crippen molar-refractivity contribution < 1.29 is 18.3 Å². The largest absolute Gasteiger partial charge is 0.486 e.